The van der Waals surface area contributed by atoms with Gasteiger partial charge >= 0.3 is 0 Å². The van der Waals surface area contributed by atoms with Gasteiger partial charge in [0, 0.05) is 33.4 Å². The summed E-state index contributed by atoms with van der Waals surface area (Å²) in [5.41, 5.74) is 11.8. The SMILES string of the molecule is c1ccc(-c2cc(-c3ccccc3)nc(-c3cccc(-c4cccc(-c5ccc6ccccc6c5-c5nc(-c6ccccc6)nc(-c6ccccc6)n5)c4)c3)n2)cc1. The third kappa shape index (κ3) is 6.93. The van der Waals surface area contributed by atoms with Crippen molar-refractivity contribution in [3.63, 3.8) is 0 Å². The van der Waals surface area contributed by atoms with Crippen LogP contribution >= 0.6 is 0 Å². The van der Waals surface area contributed by atoms with E-state index < -0.39 is 0 Å². The lowest BCUT2D eigenvalue weighted by atomic mass is 9.91. The summed E-state index contributed by atoms with van der Waals surface area (Å²) in [6.07, 6.45) is 0. The Labute approximate surface area is 337 Å². The van der Waals surface area contributed by atoms with E-state index in [1.807, 2.05) is 97.1 Å². The lowest BCUT2D eigenvalue weighted by Crippen LogP contribution is -2.01. The van der Waals surface area contributed by atoms with E-state index in [4.69, 9.17) is 24.9 Å². The molecular formula is C53H35N5. The summed E-state index contributed by atoms with van der Waals surface area (Å²) in [5, 5.41) is 2.18. The molecule has 0 radical (unpaired) electrons. The highest BCUT2D eigenvalue weighted by Crippen LogP contribution is 2.39. The zero-order valence-corrected chi connectivity index (χ0v) is 31.4. The molecule has 0 spiro atoms. The molecule has 5 nitrogen and oxygen atoms in total. The molecule has 0 bridgehead atoms. The highest BCUT2D eigenvalue weighted by atomic mass is 15.0. The Morgan fingerprint density at radius 2 is 0.655 bits per heavy atom. The first kappa shape index (κ1) is 34.6. The van der Waals surface area contributed by atoms with E-state index >= 15 is 0 Å². The van der Waals surface area contributed by atoms with Crippen LogP contribution in [0.1, 0.15) is 0 Å². The van der Waals surface area contributed by atoms with E-state index in [9.17, 15) is 0 Å². The molecule has 0 saturated heterocycles. The Morgan fingerprint density at radius 3 is 1.22 bits per heavy atom. The topological polar surface area (TPSA) is 64.5 Å². The first-order chi connectivity index (χ1) is 28.7. The summed E-state index contributed by atoms with van der Waals surface area (Å²) >= 11 is 0. The Hall–Kier alpha value is -7.89. The van der Waals surface area contributed by atoms with Crippen LogP contribution in [0, 0.1) is 0 Å². The first-order valence-corrected chi connectivity index (χ1v) is 19.3. The molecule has 0 amide bonds. The average molecular weight is 742 g/mol. The number of benzene rings is 8. The van der Waals surface area contributed by atoms with Crippen molar-refractivity contribution in [1.82, 2.24) is 24.9 Å². The van der Waals surface area contributed by atoms with Gasteiger partial charge in [0.15, 0.2) is 23.3 Å². The highest BCUT2D eigenvalue weighted by Gasteiger charge is 2.19. The maximum atomic E-state index is 5.18. The highest BCUT2D eigenvalue weighted by molar-refractivity contribution is 6.03. The van der Waals surface area contributed by atoms with Crippen molar-refractivity contribution in [2.45, 2.75) is 0 Å². The molecule has 0 saturated carbocycles. The molecule has 2 aromatic heterocycles. The van der Waals surface area contributed by atoms with Gasteiger partial charge in [0.25, 0.3) is 0 Å². The fourth-order valence-electron chi connectivity index (χ4n) is 7.47. The molecule has 0 fully saturated rings. The van der Waals surface area contributed by atoms with E-state index in [0.717, 1.165) is 77.8 Å². The molecule has 0 aliphatic carbocycles. The molecule has 58 heavy (non-hydrogen) atoms. The Morgan fingerprint density at radius 1 is 0.241 bits per heavy atom. The van der Waals surface area contributed by atoms with Gasteiger partial charge in [-0.1, -0.05) is 194 Å². The number of fused-ring (bicyclic) bond motifs is 1. The van der Waals surface area contributed by atoms with Crippen LogP contribution in [0.3, 0.4) is 0 Å². The average Bonchev–Trinajstić information content (AvgIpc) is 3.32. The molecule has 2 heterocycles. The molecule has 0 unspecified atom stereocenters. The Kier molecular flexibility index (Phi) is 9.14. The molecule has 0 atom stereocenters. The van der Waals surface area contributed by atoms with Crippen LogP contribution < -0.4 is 0 Å². The van der Waals surface area contributed by atoms with Gasteiger partial charge in [-0.25, -0.2) is 24.9 Å². The van der Waals surface area contributed by atoms with E-state index in [1.165, 1.54) is 0 Å². The van der Waals surface area contributed by atoms with Crippen LogP contribution in [0.25, 0.3) is 101 Å². The van der Waals surface area contributed by atoms with E-state index in [-0.39, 0.29) is 0 Å². The second-order valence-corrected chi connectivity index (χ2v) is 14.1. The van der Waals surface area contributed by atoms with E-state index in [2.05, 4.69) is 115 Å². The molecule has 0 aliphatic rings. The minimum atomic E-state index is 0.622. The number of hydrogen-bond donors (Lipinski definition) is 0. The van der Waals surface area contributed by atoms with E-state index in [0.29, 0.717) is 23.3 Å². The largest absolute Gasteiger partial charge is 0.228 e. The van der Waals surface area contributed by atoms with Gasteiger partial charge in [-0.05, 0) is 51.2 Å². The molecule has 0 N–H and O–H groups in total. The number of nitrogens with zero attached hydrogens (tertiary/aromatic N) is 5. The maximum Gasteiger partial charge on any atom is 0.165 e. The number of rotatable bonds is 8. The van der Waals surface area contributed by atoms with Crippen molar-refractivity contribution in [2.24, 2.45) is 0 Å². The first-order valence-electron chi connectivity index (χ1n) is 19.3. The van der Waals surface area contributed by atoms with Gasteiger partial charge in [0.1, 0.15) is 0 Å². The van der Waals surface area contributed by atoms with Crippen LogP contribution in [0.4, 0.5) is 0 Å². The standard InChI is InChI=1S/C53H35N5/c1-5-18-37(19-6-1)47-35-48(38-20-7-2-8-21-38)55-52(54-47)44-29-16-27-42(34-44)41-26-15-28-43(33-41)46-32-31-36-17-13-14-30-45(36)49(46)53-57-50(39-22-9-3-10-23-39)56-51(58-53)40-24-11-4-12-25-40/h1-35H. The molecule has 0 aliphatic heterocycles. The Bertz CT molecular complexity index is 2930. The van der Waals surface area contributed by atoms with Gasteiger partial charge in [-0.3, -0.25) is 0 Å². The molecule has 10 rings (SSSR count). The lowest BCUT2D eigenvalue weighted by Gasteiger charge is -2.16. The zero-order chi connectivity index (χ0) is 38.7. The smallest absolute Gasteiger partial charge is 0.165 e. The van der Waals surface area contributed by atoms with Gasteiger partial charge in [0.05, 0.1) is 11.4 Å². The summed E-state index contributed by atoms with van der Waals surface area (Å²) in [6, 6.07) is 72.9. The summed E-state index contributed by atoms with van der Waals surface area (Å²) in [6.45, 7) is 0. The molecule has 8 aromatic carbocycles. The quantitative estimate of drug-likeness (QED) is 0.155. The summed E-state index contributed by atoms with van der Waals surface area (Å²) in [7, 11) is 0. The van der Waals surface area contributed by atoms with Crippen LogP contribution in [-0.4, -0.2) is 24.9 Å². The predicted molar refractivity (Wildman–Crippen MR) is 236 cm³/mol. The second-order valence-electron chi connectivity index (χ2n) is 14.1. The van der Waals surface area contributed by atoms with Crippen LogP contribution in [0.5, 0.6) is 0 Å². The third-order valence-electron chi connectivity index (χ3n) is 10.3. The molecular weight excluding hydrogens is 707 g/mol. The molecule has 10 aromatic rings. The minimum absolute atomic E-state index is 0.622. The molecule has 272 valence electrons. The predicted octanol–water partition coefficient (Wildman–Crippen LogP) is 13.2. The van der Waals surface area contributed by atoms with Crippen molar-refractivity contribution in [1.29, 1.82) is 0 Å². The van der Waals surface area contributed by atoms with Crippen molar-refractivity contribution >= 4 is 10.8 Å². The monoisotopic (exact) mass is 741 g/mol. The number of hydrogen-bond acceptors (Lipinski definition) is 5. The van der Waals surface area contributed by atoms with Crippen LogP contribution in [-0.2, 0) is 0 Å². The van der Waals surface area contributed by atoms with Crippen molar-refractivity contribution < 1.29 is 0 Å². The second kappa shape index (κ2) is 15.3. The van der Waals surface area contributed by atoms with Gasteiger partial charge < -0.3 is 0 Å². The van der Waals surface area contributed by atoms with Crippen molar-refractivity contribution in [3.8, 4) is 90.3 Å². The summed E-state index contributed by atoms with van der Waals surface area (Å²) in [5.74, 6) is 2.55. The maximum absolute atomic E-state index is 5.18. The fourth-order valence-corrected chi connectivity index (χ4v) is 7.47. The van der Waals surface area contributed by atoms with Gasteiger partial charge in [0.2, 0.25) is 0 Å². The number of aromatic nitrogens is 5. The van der Waals surface area contributed by atoms with Gasteiger partial charge in [-0.15, -0.1) is 0 Å². The van der Waals surface area contributed by atoms with Crippen molar-refractivity contribution in [2.75, 3.05) is 0 Å². The minimum Gasteiger partial charge on any atom is -0.228 e. The fraction of sp³-hybridized carbons (Fsp3) is 0. The van der Waals surface area contributed by atoms with Gasteiger partial charge in [-0.2, -0.15) is 0 Å². The normalized spacial score (nSPS) is 11.1. The van der Waals surface area contributed by atoms with Crippen LogP contribution in [0.2, 0.25) is 0 Å². The van der Waals surface area contributed by atoms with Crippen molar-refractivity contribution in [3.05, 3.63) is 212 Å². The summed E-state index contributed by atoms with van der Waals surface area (Å²) in [4.78, 5) is 25.6. The van der Waals surface area contributed by atoms with E-state index in [1.54, 1.807) is 0 Å². The zero-order valence-electron chi connectivity index (χ0n) is 31.4. The Balaban J connectivity index is 1.11. The lowest BCUT2D eigenvalue weighted by molar-refractivity contribution is 1.08. The summed E-state index contributed by atoms with van der Waals surface area (Å²) < 4.78 is 0. The molecule has 5 heteroatoms. The third-order valence-corrected chi connectivity index (χ3v) is 10.3. The van der Waals surface area contributed by atoms with Crippen LogP contribution in [0.15, 0.2) is 212 Å².